The van der Waals surface area contributed by atoms with Crippen LogP contribution in [-0.2, 0) is 35.8 Å². The third-order valence-corrected chi connectivity index (χ3v) is 7.14. The van der Waals surface area contributed by atoms with Crippen molar-refractivity contribution in [3.8, 4) is 0 Å². The minimum Gasteiger partial charge on any atom is -0.390 e. The van der Waals surface area contributed by atoms with Gasteiger partial charge in [0.05, 0.1) is 12.2 Å². The van der Waals surface area contributed by atoms with Gasteiger partial charge in [-0.15, -0.1) is 11.3 Å². The summed E-state index contributed by atoms with van der Waals surface area (Å²) in [5.74, 6) is -1.43. The molecule has 9 heteroatoms. The zero-order chi connectivity index (χ0) is 24.1. The Balaban J connectivity index is 1.25. The summed E-state index contributed by atoms with van der Waals surface area (Å²) < 4.78 is 0. The predicted molar refractivity (Wildman–Crippen MR) is 130 cm³/mol. The van der Waals surface area contributed by atoms with Crippen LogP contribution in [0.2, 0.25) is 0 Å². The Labute approximate surface area is 203 Å². The number of nitrogens with one attached hydrogen (secondary N) is 3. The second-order valence-corrected chi connectivity index (χ2v) is 9.63. The van der Waals surface area contributed by atoms with E-state index in [0.717, 1.165) is 39.4 Å². The lowest BCUT2D eigenvalue weighted by Crippen LogP contribution is -2.49. The van der Waals surface area contributed by atoms with E-state index < -0.39 is 24.0 Å². The van der Waals surface area contributed by atoms with Crippen molar-refractivity contribution in [1.29, 1.82) is 0 Å². The number of amides is 2. The molecule has 2 atom stereocenters. The number of allylic oxidation sites excluding steroid dienone is 3. The molecule has 180 valence electrons. The van der Waals surface area contributed by atoms with Crippen molar-refractivity contribution in [2.24, 2.45) is 0 Å². The summed E-state index contributed by atoms with van der Waals surface area (Å²) in [5.41, 5.74) is 4.28. The van der Waals surface area contributed by atoms with Crippen LogP contribution < -0.4 is 16.0 Å². The quantitative estimate of drug-likeness (QED) is 0.370. The smallest absolute Gasteiger partial charge is 0.255 e. The van der Waals surface area contributed by atoms with Crippen LogP contribution in [0.25, 0.3) is 0 Å². The first kappa shape index (κ1) is 24.0. The summed E-state index contributed by atoms with van der Waals surface area (Å²) in [4.78, 5) is 28.5. The van der Waals surface area contributed by atoms with Crippen molar-refractivity contribution >= 4 is 23.2 Å². The van der Waals surface area contributed by atoms with Crippen molar-refractivity contribution in [3.63, 3.8) is 0 Å². The Hall–Kier alpha value is -3.14. The first-order valence-corrected chi connectivity index (χ1v) is 12.2. The summed E-state index contributed by atoms with van der Waals surface area (Å²) in [6.07, 6.45) is 2.60. The molecule has 1 aromatic heterocycles. The minimum absolute atomic E-state index is 0.209. The Bertz CT molecular complexity index is 1080. The van der Waals surface area contributed by atoms with Gasteiger partial charge in [0.2, 0.25) is 0 Å². The van der Waals surface area contributed by atoms with Gasteiger partial charge in [-0.25, -0.2) is 0 Å². The Kier molecular flexibility index (Phi) is 7.66. The highest BCUT2D eigenvalue weighted by Gasteiger charge is 2.35. The highest BCUT2D eigenvalue weighted by atomic mass is 32.1. The number of carbonyl (C=O) groups excluding carboxylic acids is 2. The number of nitrogens with zero attached hydrogens (tertiary/aromatic N) is 1. The fourth-order valence-corrected chi connectivity index (χ4v) is 5.01. The summed E-state index contributed by atoms with van der Waals surface area (Å²) >= 11 is 1.55. The van der Waals surface area contributed by atoms with Crippen molar-refractivity contribution < 1.29 is 19.8 Å². The molecule has 1 aromatic carbocycles. The van der Waals surface area contributed by atoms with Crippen LogP contribution >= 0.6 is 11.3 Å². The van der Waals surface area contributed by atoms with Crippen LogP contribution in [-0.4, -0.2) is 46.2 Å². The lowest BCUT2D eigenvalue weighted by atomic mass is 10.1. The normalized spacial score (nSPS) is 16.7. The van der Waals surface area contributed by atoms with Crippen LogP contribution in [0.1, 0.15) is 33.7 Å². The third kappa shape index (κ3) is 5.49. The Morgan fingerprint density at radius 3 is 2.38 bits per heavy atom. The lowest BCUT2D eigenvalue weighted by molar-refractivity contribution is -0.153. The molecule has 1 aliphatic heterocycles. The molecule has 0 unspecified atom stereocenters. The van der Waals surface area contributed by atoms with Crippen LogP contribution in [0.4, 0.5) is 0 Å². The van der Waals surface area contributed by atoms with Gasteiger partial charge in [-0.2, -0.15) is 0 Å². The number of thiophene rings is 1. The van der Waals surface area contributed by atoms with E-state index in [1.807, 2.05) is 43.4 Å². The maximum Gasteiger partial charge on any atom is 0.255 e. The number of benzene rings is 1. The van der Waals surface area contributed by atoms with Crippen molar-refractivity contribution in [1.82, 2.24) is 20.9 Å². The summed E-state index contributed by atoms with van der Waals surface area (Å²) in [5, 5.41) is 29.9. The molecule has 4 rings (SSSR count). The average Bonchev–Trinajstić information content (AvgIpc) is 3.51. The number of carbonyl (C=O) groups is 2. The van der Waals surface area contributed by atoms with Crippen molar-refractivity contribution in [2.45, 2.75) is 51.2 Å². The molecule has 8 nitrogen and oxygen atoms in total. The molecule has 0 fully saturated rings. The fraction of sp³-hybridized carbons (Fsp3) is 0.360. The van der Waals surface area contributed by atoms with Gasteiger partial charge < -0.3 is 31.1 Å². The standard InChI is InChI=1S/C25H30N4O4S/c1-26-20-8-4-5-9-21(20)27-12-18-10-11-19(34-18)13-28-24(32)22(30)23(31)25(33)29-14-16-6-2-3-7-17(16)15-29/h2-3,5-7,9-11,22-23,26-27,30-31H,4,8,12-15H2,1H3,(H,28,32)/t22-,23-/m1/s1. The highest BCUT2D eigenvalue weighted by molar-refractivity contribution is 7.11. The molecule has 2 aliphatic rings. The van der Waals surface area contributed by atoms with Crippen LogP contribution in [0, 0.1) is 0 Å². The maximum atomic E-state index is 12.6. The highest BCUT2D eigenvalue weighted by Crippen LogP contribution is 2.23. The van der Waals surface area contributed by atoms with Gasteiger partial charge in [0.25, 0.3) is 11.8 Å². The number of rotatable bonds is 9. The fourth-order valence-electron chi connectivity index (χ4n) is 4.12. The van der Waals surface area contributed by atoms with E-state index in [-0.39, 0.29) is 6.54 Å². The molecule has 1 aliphatic carbocycles. The van der Waals surface area contributed by atoms with Gasteiger partial charge in [0.15, 0.2) is 12.2 Å². The number of hydrogen-bond acceptors (Lipinski definition) is 7. The van der Waals surface area contributed by atoms with E-state index in [2.05, 4.69) is 28.1 Å². The third-order valence-electron chi connectivity index (χ3n) is 6.05. The second-order valence-electron chi connectivity index (χ2n) is 8.38. The molecule has 2 aromatic rings. The molecular weight excluding hydrogens is 452 g/mol. The van der Waals surface area contributed by atoms with E-state index in [4.69, 9.17) is 0 Å². The van der Waals surface area contributed by atoms with Gasteiger partial charge in [0.1, 0.15) is 0 Å². The number of aliphatic hydroxyl groups excluding tert-OH is 2. The van der Waals surface area contributed by atoms with Gasteiger partial charge in [-0.1, -0.05) is 30.3 Å². The molecule has 0 saturated heterocycles. The molecule has 34 heavy (non-hydrogen) atoms. The Morgan fingerprint density at radius 2 is 1.71 bits per heavy atom. The molecule has 2 amide bonds. The first-order valence-electron chi connectivity index (χ1n) is 11.3. The molecule has 0 radical (unpaired) electrons. The minimum atomic E-state index is -1.83. The van der Waals surface area contributed by atoms with E-state index in [1.54, 1.807) is 11.3 Å². The SMILES string of the molecule is CNC1=C(NCc2ccc(CNC(=O)[C@H](O)[C@@H](O)C(=O)N3Cc4ccccc4C3)s2)C=CCC1. The molecular formula is C25H30N4O4S. The number of aliphatic hydroxyl groups is 2. The van der Waals surface area contributed by atoms with E-state index in [0.29, 0.717) is 19.6 Å². The molecule has 2 heterocycles. The largest absolute Gasteiger partial charge is 0.390 e. The zero-order valence-corrected chi connectivity index (χ0v) is 19.9. The summed E-state index contributed by atoms with van der Waals surface area (Å²) in [6.45, 7) is 1.59. The zero-order valence-electron chi connectivity index (χ0n) is 19.1. The van der Waals surface area contributed by atoms with E-state index >= 15 is 0 Å². The van der Waals surface area contributed by atoms with Gasteiger partial charge in [-0.3, -0.25) is 9.59 Å². The first-order chi connectivity index (χ1) is 16.5. The predicted octanol–water partition coefficient (Wildman–Crippen LogP) is 1.50. The van der Waals surface area contributed by atoms with E-state index in [1.165, 1.54) is 10.6 Å². The summed E-state index contributed by atoms with van der Waals surface area (Å²) in [6, 6.07) is 11.5. The maximum absolute atomic E-state index is 12.6. The van der Waals surface area contributed by atoms with Crippen molar-refractivity contribution in [3.05, 3.63) is 80.8 Å². The molecule has 0 saturated carbocycles. The van der Waals surface area contributed by atoms with Crippen LogP contribution in [0.15, 0.2) is 59.9 Å². The van der Waals surface area contributed by atoms with Gasteiger partial charge >= 0.3 is 0 Å². The number of fused-ring (bicyclic) bond motifs is 1. The summed E-state index contributed by atoms with van der Waals surface area (Å²) in [7, 11) is 1.92. The van der Waals surface area contributed by atoms with Gasteiger partial charge in [-0.05, 0) is 42.2 Å². The topological polar surface area (TPSA) is 114 Å². The van der Waals surface area contributed by atoms with Gasteiger partial charge in [0, 0.05) is 42.1 Å². The molecule has 0 bridgehead atoms. The Morgan fingerprint density at radius 1 is 1.03 bits per heavy atom. The molecule has 5 N–H and O–H groups in total. The van der Waals surface area contributed by atoms with Crippen molar-refractivity contribution in [2.75, 3.05) is 7.05 Å². The van der Waals surface area contributed by atoms with Crippen LogP contribution in [0.5, 0.6) is 0 Å². The second kappa shape index (κ2) is 10.9. The molecule has 0 spiro atoms. The van der Waals surface area contributed by atoms with E-state index in [9.17, 15) is 19.8 Å². The average molecular weight is 483 g/mol. The van der Waals surface area contributed by atoms with Crippen LogP contribution in [0.3, 0.4) is 0 Å². The number of hydrogen-bond donors (Lipinski definition) is 5. The lowest BCUT2D eigenvalue weighted by Gasteiger charge is -2.22. The monoisotopic (exact) mass is 482 g/mol.